The minimum absolute atomic E-state index is 0.0360. The van der Waals surface area contributed by atoms with Gasteiger partial charge in [-0.25, -0.2) is 16.8 Å². The number of amides is 2. The SMILES string of the molecule is Cc1cc(C)cc(NS(=O)(=O)c2ccc(NC(=O)CCC(=O)Nc3ccc(S(=O)(=O)Nc4cc(C)cc(C)c4)cc3)cc2)c1. The molecule has 0 aliphatic heterocycles. The maximum absolute atomic E-state index is 12.8. The molecule has 230 valence electrons. The lowest BCUT2D eigenvalue weighted by Gasteiger charge is -2.11. The van der Waals surface area contributed by atoms with E-state index in [9.17, 15) is 26.4 Å². The van der Waals surface area contributed by atoms with Crippen molar-refractivity contribution in [2.24, 2.45) is 0 Å². The summed E-state index contributed by atoms with van der Waals surface area (Å²) in [5.41, 5.74) is 5.41. The molecule has 0 fully saturated rings. The third-order valence-electron chi connectivity index (χ3n) is 6.42. The van der Waals surface area contributed by atoms with Crippen molar-refractivity contribution < 1.29 is 26.4 Å². The van der Waals surface area contributed by atoms with Crippen molar-refractivity contribution in [1.29, 1.82) is 0 Å². The van der Waals surface area contributed by atoms with Crippen LogP contribution < -0.4 is 20.1 Å². The van der Waals surface area contributed by atoms with Crippen molar-refractivity contribution in [3.05, 3.63) is 107 Å². The van der Waals surface area contributed by atoms with Gasteiger partial charge in [0.1, 0.15) is 0 Å². The molecule has 0 unspecified atom stereocenters. The number of carbonyl (C=O) groups is 2. The predicted molar refractivity (Wildman–Crippen MR) is 173 cm³/mol. The lowest BCUT2D eigenvalue weighted by atomic mass is 10.1. The van der Waals surface area contributed by atoms with Crippen molar-refractivity contribution in [2.75, 3.05) is 20.1 Å². The van der Waals surface area contributed by atoms with Crippen LogP contribution in [0.25, 0.3) is 0 Å². The third kappa shape index (κ3) is 8.91. The Morgan fingerprint density at radius 3 is 1.07 bits per heavy atom. The number of sulfonamides is 2. The zero-order chi connectivity index (χ0) is 32.1. The van der Waals surface area contributed by atoms with E-state index in [0.717, 1.165) is 22.3 Å². The summed E-state index contributed by atoms with van der Waals surface area (Å²) in [6, 6.07) is 22.2. The summed E-state index contributed by atoms with van der Waals surface area (Å²) in [6.07, 6.45) is -0.237. The Labute approximate surface area is 258 Å². The van der Waals surface area contributed by atoms with Gasteiger partial charge in [0.05, 0.1) is 9.79 Å². The first-order valence-corrected chi connectivity index (χ1v) is 16.7. The maximum atomic E-state index is 12.8. The van der Waals surface area contributed by atoms with Gasteiger partial charge < -0.3 is 10.6 Å². The molecule has 0 aliphatic rings. The van der Waals surface area contributed by atoms with E-state index in [-0.39, 0.29) is 22.6 Å². The molecule has 0 atom stereocenters. The molecule has 0 bridgehead atoms. The van der Waals surface area contributed by atoms with Crippen molar-refractivity contribution in [3.8, 4) is 0 Å². The molecule has 2 amide bonds. The summed E-state index contributed by atoms with van der Waals surface area (Å²) in [7, 11) is -7.65. The number of benzene rings is 4. The molecule has 44 heavy (non-hydrogen) atoms. The van der Waals surface area contributed by atoms with Gasteiger partial charge in [0.2, 0.25) is 11.8 Å². The van der Waals surface area contributed by atoms with E-state index in [1.165, 1.54) is 48.5 Å². The molecule has 0 aromatic heterocycles. The molecular formula is C32H34N4O6S2. The summed E-state index contributed by atoms with van der Waals surface area (Å²) < 4.78 is 56.2. The highest BCUT2D eigenvalue weighted by molar-refractivity contribution is 7.93. The van der Waals surface area contributed by atoms with Crippen LogP contribution in [0.1, 0.15) is 35.1 Å². The van der Waals surface area contributed by atoms with Crippen LogP contribution in [0, 0.1) is 27.7 Å². The van der Waals surface area contributed by atoms with E-state index >= 15 is 0 Å². The van der Waals surface area contributed by atoms with Crippen LogP contribution in [0.2, 0.25) is 0 Å². The molecule has 4 rings (SSSR count). The van der Waals surface area contributed by atoms with Gasteiger partial charge in [-0.3, -0.25) is 19.0 Å². The van der Waals surface area contributed by atoms with Crippen molar-refractivity contribution in [2.45, 2.75) is 50.3 Å². The van der Waals surface area contributed by atoms with Gasteiger partial charge in [-0.15, -0.1) is 0 Å². The van der Waals surface area contributed by atoms with Crippen LogP contribution >= 0.6 is 0 Å². The van der Waals surface area contributed by atoms with Crippen LogP contribution in [0.3, 0.4) is 0 Å². The predicted octanol–water partition coefficient (Wildman–Crippen LogP) is 5.88. The van der Waals surface area contributed by atoms with E-state index in [1.54, 1.807) is 24.3 Å². The normalized spacial score (nSPS) is 11.5. The van der Waals surface area contributed by atoms with Crippen LogP contribution in [0.15, 0.2) is 94.7 Å². The number of nitrogens with one attached hydrogen (secondary N) is 4. The fraction of sp³-hybridized carbons (Fsp3) is 0.188. The second-order valence-electron chi connectivity index (χ2n) is 10.6. The Morgan fingerprint density at radius 2 is 0.773 bits per heavy atom. The first-order chi connectivity index (χ1) is 20.7. The summed E-state index contributed by atoms with van der Waals surface area (Å²) in [5.74, 6) is -0.856. The van der Waals surface area contributed by atoms with Crippen LogP contribution in [0.4, 0.5) is 22.7 Å². The molecule has 4 aromatic rings. The van der Waals surface area contributed by atoms with Gasteiger partial charge in [-0.2, -0.15) is 0 Å². The second kappa shape index (κ2) is 13.3. The van der Waals surface area contributed by atoms with E-state index in [0.29, 0.717) is 22.7 Å². The number of aryl methyl sites for hydroxylation is 4. The van der Waals surface area contributed by atoms with Gasteiger partial charge >= 0.3 is 0 Å². The second-order valence-corrected chi connectivity index (χ2v) is 14.0. The average Bonchev–Trinajstić information content (AvgIpc) is 2.91. The minimum atomic E-state index is -3.82. The highest BCUT2D eigenvalue weighted by Gasteiger charge is 2.17. The summed E-state index contributed by atoms with van der Waals surface area (Å²) in [4.78, 5) is 24.9. The standard InChI is InChI=1S/C32H34N4O6S2/c1-21-15-22(2)18-27(17-21)35-43(39,40)29-9-5-25(6-10-29)33-31(37)13-14-32(38)34-26-7-11-30(12-8-26)44(41,42)36-28-19-23(3)16-24(4)20-28/h5-12,15-20,35-36H,13-14H2,1-4H3,(H,33,37)(H,34,38). The highest BCUT2D eigenvalue weighted by atomic mass is 32.2. The topological polar surface area (TPSA) is 151 Å². The smallest absolute Gasteiger partial charge is 0.261 e. The maximum Gasteiger partial charge on any atom is 0.261 e. The number of anilines is 4. The fourth-order valence-electron chi connectivity index (χ4n) is 4.60. The molecule has 0 aliphatic carbocycles. The average molecular weight is 635 g/mol. The van der Waals surface area contributed by atoms with Gasteiger partial charge in [0.25, 0.3) is 20.0 Å². The molecule has 12 heteroatoms. The summed E-state index contributed by atoms with van der Waals surface area (Å²) in [6.45, 7) is 7.52. The van der Waals surface area contributed by atoms with Crippen LogP contribution in [-0.2, 0) is 29.6 Å². The first kappa shape index (κ1) is 32.2. The Hall–Kier alpha value is -4.68. The van der Waals surface area contributed by atoms with Gasteiger partial charge in [0, 0.05) is 35.6 Å². The molecule has 4 aromatic carbocycles. The van der Waals surface area contributed by atoms with Crippen LogP contribution in [0.5, 0.6) is 0 Å². The molecule has 0 heterocycles. The minimum Gasteiger partial charge on any atom is -0.326 e. The number of carbonyl (C=O) groups excluding carboxylic acids is 2. The summed E-state index contributed by atoms with van der Waals surface area (Å²) >= 11 is 0. The van der Waals surface area contributed by atoms with Crippen molar-refractivity contribution >= 4 is 54.6 Å². The Balaban J connectivity index is 1.26. The third-order valence-corrected chi connectivity index (χ3v) is 9.22. The Kier molecular flexibility index (Phi) is 9.75. The quantitative estimate of drug-likeness (QED) is 0.162. The zero-order valence-electron chi connectivity index (χ0n) is 24.8. The monoisotopic (exact) mass is 634 g/mol. The summed E-state index contributed by atoms with van der Waals surface area (Å²) in [5, 5.41) is 5.29. The molecule has 0 saturated carbocycles. The van der Waals surface area contributed by atoms with E-state index in [1.807, 2.05) is 39.8 Å². The van der Waals surface area contributed by atoms with Gasteiger partial charge in [0.15, 0.2) is 0 Å². The molecule has 0 spiro atoms. The lowest BCUT2D eigenvalue weighted by Crippen LogP contribution is -2.18. The molecule has 4 N–H and O–H groups in total. The molecule has 0 radical (unpaired) electrons. The van der Waals surface area contributed by atoms with E-state index < -0.39 is 31.9 Å². The highest BCUT2D eigenvalue weighted by Crippen LogP contribution is 2.22. The largest absolute Gasteiger partial charge is 0.326 e. The van der Waals surface area contributed by atoms with Crippen LogP contribution in [-0.4, -0.2) is 28.6 Å². The number of rotatable bonds is 11. The Bertz CT molecular complexity index is 1720. The van der Waals surface area contributed by atoms with E-state index in [2.05, 4.69) is 20.1 Å². The van der Waals surface area contributed by atoms with Crippen molar-refractivity contribution in [3.63, 3.8) is 0 Å². The van der Waals surface area contributed by atoms with E-state index in [4.69, 9.17) is 0 Å². The van der Waals surface area contributed by atoms with Gasteiger partial charge in [-0.1, -0.05) is 12.1 Å². The van der Waals surface area contributed by atoms with Crippen molar-refractivity contribution in [1.82, 2.24) is 0 Å². The molecular weight excluding hydrogens is 601 g/mol. The Morgan fingerprint density at radius 1 is 0.477 bits per heavy atom. The lowest BCUT2D eigenvalue weighted by molar-refractivity contribution is -0.121. The molecule has 0 saturated heterocycles. The molecule has 10 nitrogen and oxygen atoms in total. The first-order valence-electron chi connectivity index (χ1n) is 13.7. The van der Waals surface area contributed by atoms with Gasteiger partial charge in [-0.05, 0) is 123 Å². The zero-order valence-corrected chi connectivity index (χ0v) is 26.4. The number of hydrogen-bond donors (Lipinski definition) is 4. The fourth-order valence-corrected chi connectivity index (χ4v) is 6.69. The number of hydrogen-bond acceptors (Lipinski definition) is 6.